The average molecular weight is 134 g/mol. The molecule has 0 radical (unpaired) electrons. The number of hydrogen-bond acceptors (Lipinski definition) is 0. The van der Waals surface area contributed by atoms with Gasteiger partial charge in [-0.15, -0.1) is 0 Å². The van der Waals surface area contributed by atoms with Gasteiger partial charge >= 0.3 is 0 Å². The summed E-state index contributed by atoms with van der Waals surface area (Å²) in [6, 6.07) is 0. The second-order valence-electron chi connectivity index (χ2n) is 3.58. The van der Waals surface area contributed by atoms with Crippen LogP contribution in [0.5, 0.6) is 0 Å². The standard InChI is InChI=1S/C10H14/c1-8-6-9-4-2-3-5-10(9)7-8/h2-3,6,9-10H,4-5,7H2,1H3/t9-,10-/m0/s1. The normalized spacial score (nSPS) is 37.5. The molecule has 10 heavy (non-hydrogen) atoms. The first-order valence-electron chi connectivity index (χ1n) is 4.18. The van der Waals surface area contributed by atoms with Crippen molar-refractivity contribution in [3.63, 3.8) is 0 Å². The van der Waals surface area contributed by atoms with Crippen LogP contribution in [0, 0.1) is 11.8 Å². The van der Waals surface area contributed by atoms with Crippen LogP contribution in [0.3, 0.4) is 0 Å². The lowest BCUT2D eigenvalue weighted by Gasteiger charge is -2.19. The first-order valence-corrected chi connectivity index (χ1v) is 4.18. The molecular weight excluding hydrogens is 120 g/mol. The van der Waals surface area contributed by atoms with E-state index in [2.05, 4.69) is 25.2 Å². The number of fused-ring (bicyclic) bond motifs is 1. The van der Waals surface area contributed by atoms with Crippen molar-refractivity contribution < 1.29 is 0 Å². The molecule has 2 aliphatic carbocycles. The van der Waals surface area contributed by atoms with Crippen molar-refractivity contribution in [2.45, 2.75) is 26.2 Å². The van der Waals surface area contributed by atoms with Crippen molar-refractivity contribution >= 4 is 0 Å². The van der Waals surface area contributed by atoms with Crippen molar-refractivity contribution in [2.75, 3.05) is 0 Å². The van der Waals surface area contributed by atoms with Crippen molar-refractivity contribution in [1.82, 2.24) is 0 Å². The summed E-state index contributed by atoms with van der Waals surface area (Å²) in [5, 5.41) is 0. The van der Waals surface area contributed by atoms with Gasteiger partial charge in [-0.2, -0.15) is 0 Å². The predicted molar refractivity (Wildman–Crippen MR) is 43.7 cm³/mol. The summed E-state index contributed by atoms with van der Waals surface area (Å²) in [4.78, 5) is 0. The number of allylic oxidation sites excluding steroid dienone is 4. The van der Waals surface area contributed by atoms with Crippen LogP contribution in [0.1, 0.15) is 26.2 Å². The lowest BCUT2D eigenvalue weighted by Crippen LogP contribution is -2.09. The first-order chi connectivity index (χ1) is 4.86. The van der Waals surface area contributed by atoms with Gasteiger partial charge < -0.3 is 0 Å². The van der Waals surface area contributed by atoms with Gasteiger partial charge in [0.25, 0.3) is 0 Å². The monoisotopic (exact) mass is 134 g/mol. The van der Waals surface area contributed by atoms with Gasteiger partial charge in [-0.3, -0.25) is 0 Å². The van der Waals surface area contributed by atoms with E-state index in [0.29, 0.717) is 0 Å². The van der Waals surface area contributed by atoms with E-state index in [4.69, 9.17) is 0 Å². The van der Waals surface area contributed by atoms with E-state index >= 15 is 0 Å². The molecular formula is C10H14. The van der Waals surface area contributed by atoms with Crippen LogP contribution in [0.2, 0.25) is 0 Å². The second kappa shape index (κ2) is 2.26. The Morgan fingerprint density at radius 3 is 2.90 bits per heavy atom. The molecule has 0 nitrogen and oxygen atoms in total. The predicted octanol–water partition coefficient (Wildman–Crippen LogP) is 2.92. The van der Waals surface area contributed by atoms with E-state index in [1.165, 1.54) is 19.3 Å². The van der Waals surface area contributed by atoms with Crippen molar-refractivity contribution in [1.29, 1.82) is 0 Å². The zero-order valence-electron chi connectivity index (χ0n) is 6.51. The second-order valence-corrected chi connectivity index (χ2v) is 3.58. The Bertz CT molecular complexity index is 186. The molecule has 0 aliphatic heterocycles. The zero-order chi connectivity index (χ0) is 6.97. The maximum atomic E-state index is 2.47. The summed E-state index contributed by atoms with van der Waals surface area (Å²) in [5.41, 5.74) is 1.61. The van der Waals surface area contributed by atoms with Crippen LogP contribution in [0.25, 0.3) is 0 Å². The third-order valence-electron chi connectivity index (χ3n) is 2.70. The summed E-state index contributed by atoms with van der Waals surface area (Å²) in [7, 11) is 0. The van der Waals surface area contributed by atoms with E-state index in [-0.39, 0.29) is 0 Å². The molecule has 0 amide bonds. The molecule has 2 aliphatic rings. The zero-order valence-corrected chi connectivity index (χ0v) is 6.51. The van der Waals surface area contributed by atoms with Gasteiger partial charge in [0.05, 0.1) is 0 Å². The Morgan fingerprint density at radius 2 is 2.10 bits per heavy atom. The Kier molecular flexibility index (Phi) is 1.40. The SMILES string of the molecule is CC1=C[C@@H]2CC=CC[C@H]2C1. The fraction of sp³-hybridized carbons (Fsp3) is 0.600. The lowest BCUT2D eigenvalue weighted by molar-refractivity contribution is 0.413. The first kappa shape index (κ1) is 6.21. The van der Waals surface area contributed by atoms with Gasteiger partial charge in [-0.1, -0.05) is 23.8 Å². The molecule has 54 valence electrons. The summed E-state index contributed by atoms with van der Waals surface area (Å²) in [5.74, 6) is 1.86. The molecule has 0 fully saturated rings. The smallest absolute Gasteiger partial charge is 0.0162 e. The molecule has 0 heterocycles. The molecule has 0 saturated carbocycles. The van der Waals surface area contributed by atoms with Crippen molar-refractivity contribution in [3.05, 3.63) is 23.8 Å². The van der Waals surface area contributed by atoms with Gasteiger partial charge in [0.1, 0.15) is 0 Å². The van der Waals surface area contributed by atoms with Crippen LogP contribution in [0.15, 0.2) is 23.8 Å². The highest BCUT2D eigenvalue weighted by atomic mass is 14.3. The van der Waals surface area contributed by atoms with Gasteiger partial charge in [-0.25, -0.2) is 0 Å². The molecule has 2 rings (SSSR count). The van der Waals surface area contributed by atoms with Crippen molar-refractivity contribution in [3.8, 4) is 0 Å². The summed E-state index contributed by atoms with van der Waals surface area (Å²) in [6.45, 7) is 2.26. The Labute approximate surface area is 62.6 Å². The molecule has 0 spiro atoms. The van der Waals surface area contributed by atoms with E-state index in [1.807, 2.05) is 0 Å². The Morgan fingerprint density at radius 1 is 1.30 bits per heavy atom. The van der Waals surface area contributed by atoms with E-state index in [9.17, 15) is 0 Å². The van der Waals surface area contributed by atoms with Gasteiger partial charge in [0.15, 0.2) is 0 Å². The van der Waals surface area contributed by atoms with Crippen LogP contribution >= 0.6 is 0 Å². The van der Waals surface area contributed by atoms with Gasteiger partial charge in [0, 0.05) is 0 Å². The molecule has 0 heteroatoms. The fourth-order valence-electron chi connectivity index (χ4n) is 2.18. The number of hydrogen-bond donors (Lipinski definition) is 0. The Hall–Kier alpha value is -0.520. The molecule has 0 aromatic carbocycles. The van der Waals surface area contributed by atoms with Crippen LogP contribution in [0.4, 0.5) is 0 Å². The number of rotatable bonds is 0. The molecule has 0 aromatic rings. The van der Waals surface area contributed by atoms with E-state index in [1.54, 1.807) is 5.57 Å². The van der Waals surface area contributed by atoms with Crippen LogP contribution in [-0.2, 0) is 0 Å². The summed E-state index contributed by atoms with van der Waals surface area (Å²) >= 11 is 0. The van der Waals surface area contributed by atoms with E-state index in [0.717, 1.165) is 11.8 Å². The highest BCUT2D eigenvalue weighted by Gasteiger charge is 2.25. The fourth-order valence-corrected chi connectivity index (χ4v) is 2.18. The van der Waals surface area contributed by atoms with Gasteiger partial charge in [-0.05, 0) is 38.0 Å². The molecule has 0 saturated heterocycles. The minimum absolute atomic E-state index is 0.894. The quantitative estimate of drug-likeness (QED) is 0.447. The molecule has 0 aromatic heterocycles. The largest absolute Gasteiger partial charge is 0.0882 e. The van der Waals surface area contributed by atoms with Crippen molar-refractivity contribution in [2.24, 2.45) is 11.8 Å². The van der Waals surface area contributed by atoms with Crippen LogP contribution in [-0.4, -0.2) is 0 Å². The third kappa shape index (κ3) is 0.920. The highest BCUT2D eigenvalue weighted by Crippen LogP contribution is 2.37. The highest BCUT2D eigenvalue weighted by molar-refractivity contribution is 5.15. The Balaban J connectivity index is 2.14. The maximum Gasteiger partial charge on any atom is -0.0162 e. The lowest BCUT2D eigenvalue weighted by atomic mass is 9.86. The molecule has 0 N–H and O–H groups in total. The summed E-state index contributed by atoms with van der Waals surface area (Å²) < 4.78 is 0. The minimum Gasteiger partial charge on any atom is -0.0882 e. The average Bonchev–Trinajstić information content (AvgIpc) is 2.27. The van der Waals surface area contributed by atoms with Gasteiger partial charge in [0.2, 0.25) is 0 Å². The van der Waals surface area contributed by atoms with Crippen LogP contribution < -0.4 is 0 Å². The van der Waals surface area contributed by atoms with E-state index < -0.39 is 0 Å². The maximum absolute atomic E-state index is 2.47. The molecule has 2 atom stereocenters. The minimum atomic E-state index is 0.894. The topological polar surface area (TPSA) is 0 Å². The molecule has 0 bridgehead atoms. The molecule has 0 unspecified atom stereocenters. The summed E-state index contributed by atoms with van der Waals surface area (Å²) in [6.07, 6.45) is 11.1. The third-order valence-corrected chi connectivity index (χ3v) is 2.70.